The molecular weight excluding hydrogens is 378 g/mol. The first-order chi connectivity index (χ1) is 13.0. The van der Waals surface area contributed by atoms with Crippen LogP contribution in [0.2, 0.25) is 0 Å². The minimum absolute atomic E-state index is 0.0116. The van der Waals surface area contributed by atoms with E-state index in [1.165, 1.54) is 11.3 Å². The van der Waals surface area contributed by atoms with Crippen LogP contribution in [0.4, 0.5) is 5.13 Å². The first-order valence-corrected chi connectivity index (χ1v) is 10.6. The van der Waals surface area contributed by atoms with Crippen LogP contribution in [-0.2, 0) is 0 Å². The van der Waals surface area contributed by atoms with Crippen molar-refractivity contribution in [1.29, 1.82) is 0 Å². The predicted molar refractivity (Wildman–Crippen MR) is 109 cm³/mol. The molecule has 1 aliphatic rings. The van der Waals surface area contributed by atoms with Crippen LogP contribution in [0.1, 0.15) is 45.6 Å². The highest BCUT2D eigenvalue weighted by atomic mass is 32.1. The lowest BCUT2D eigenvalue weighted by atomic mass is 9.96. The number of piperidine rings is 1. The van der Waals surface area contributed by atoms with Crippen molar-refractivity contribution >= 4 is 33.7 Å². The van der Waals surface area contributed by atoms with Gasteiger partial charge in [-0.2, -0.15) is 0 Å². The summed E-state index contributed by atoms with van der Waals surface area (Å²) < 4.78 is 0. The van der Waals surface area contributed by atoms with E-state index in [1.54, 1.807) is 11.3 Å². The first kappa shape index (κ1) is 18.1. The van der Waals surface area contributed by atoms with Crippen molar-refractivity contribution in [3.8, 4) is 10.6 Å². The number of aryl methyl sites for hydroxylation is 2. The van der Waals surface area contributed by atoms with Gasteiger partial charge in [0.25, 0.3) is 5.91 Å². The summed E-state index contributed by atoms with van der Waals surface area (Å²) in [5.41, 5.74) is 8.38. The summed E-state index contributed by atoms with van der Waals surface area (Å²) in [5, 5.41) is 2.49. The lowest BCUT2D eigenvalue weighted by Crippen LogP contribution is -2.39. The predicted octanol–water partition coefficient (Wildman–Crippen LogP) is 3.88. The van der Waals surface area contributed by atoms with E-state index < -0.39 is 0 Å². The van der Waals surface area contributed by atoms with Gasteiger partial charge in [0, 0.05) is 24.7 Å². The molecule has 0 spiro atoms. The molecule has 1 saturated heterocycles. The Labute approximate surface area is 166 Å². The molecule has 27 heavy (non-hydrogen) atoms. The first-order valence-electron chi connectivity index (χ1n) is 8.93. The van der Waals surface area contributed by atoms with E-state index >= 15 is 0 Å². The molecule has 8 heteroatoms. The molecule has 0 bridgehead atoms. The minimum atomic E-state index is 0.0116. The molecular formula is C19H21N5OS2. The van der Waals surface area contributed by atoms with Crippen molar-refractivity contribution in [2.45, 2.75) is 32.6 Å². The number of nitrogens with two attached hydrogens (primary N) is 1. The summed E-state index contributed by atoms with van der Waals surface area (Å²) >= 11 is 2.94. The van der Waals surface area contributed by atoms with Crippen molar-refractivity contribution in [2.75, 3.05) is 18.8 Å². The van der Waals surface area contributed by atoms with E-state index in [1.807, 2.05) is 30.9 Å². The maximum atomic E-state index is 12.9. The fraction of sp³-hybridized carbons (Fsp3) is 0.368. The monoisotopic (exact) mass is 399 g/mol. The number of nitrogen functional groups attached to an aromatic ring is 1. The Bertz CT molecular complexity index is 967. The zero-order valence-corrected chi connectivity index (χ0v) is 16.9. The second kappa shape index (κ2) is 7.36. The molecule has 0 radical (unpaired) electrons. The molecule has 0 aliphatic carbocycles. The normalized spacial score (nSPS) is 17.3. The molecule has 0 saturated carbocycles. The fourth-order valence-corrected chi connectivity index (χ4v) is 4.94. The van der Waals surface area contributed by atoms with Crippen LogP contribution in [0.15, 0.2) is 23.6 Å². The number of hydrogen-bond donors (Lipinski definition) is 1. The highest BCUT2D eigenvalue weighted by molar-refractivity contribution is 7.17. The van der Waals surface area contributed by atoms with Crippen molar-refractivity contribution in [3.05, 3.63) is 45.7 Å². The van der Waals surface area contributed by atoms with Gasteiger partial charge in [-0.3, -0.25) is 4.79 Å². The molecule has 0 unspecified atom stereocenters. The van der Waals surface area contributed by atoms with E-state index in [0.717, 1.165) is 41.5 Å². The van der Waals surface area contributed by atoms with Gasteiger partial charge in [-0.25, -0.2) is 15.0 Å². The third-order valence-electron chi connectivity index (χ3n) is 4.73. The number of anilines is 1. The number of aromatic nitrogens is 3. The summed E-state index contributed by atoms with van der Waals surface area (Å²) in [4.78, 5) is 30.3. The zero-order chi connectivity index (χ0) is 19.0. The molecule has 3 aromatic rings. The van der Waals surface area contributed by atoms with E-state index in [4.69, 9.17) is 10.7 Å². The molecule has 6 nitrogen and oxygen atoms in total. The van der Waals surface area contributed by atoms with Gasteiger partial charge in [-0.15, -0.1) is 11.3 Å². The molecule has 1 aliphatic heterocycles. The summed E-state index contributed by atoms with van der Waals surface area (Å²) in [6, 6.07) is 6.12. The Hall–Kier alpha value is -2.32. The standard InChI is InChI=1S/C19H21N5OS2/c1-11-9-14(15-6-4-8-26-15)23-17(21-11)13-5-3-7-24(10-13)18(25)16-12(2)22-19(20)27-16/h4,6,8-9,13H,3,5,7,10H2,1-2H3,(H2,20,22)/t13-/m1/s1. The molecule has 1 fully saturated rings. The Kier molecular flexibility index (Phi) is 4.92. The maximum absolute atomic E-state index is 12.9. The van der Waals surface area contributed by atoms with Crippen LogP contribution in [0.25, 0.3) is 10.6 Å². The third kappa shape index (κ3) is 3.72. The number of amides is 1. The number of thiophene rings is 1. The van der Waals surface area contributed by atoms with Gasteiger partial charge in [0.2, 0.25) is 0 Å². The van der Waals surface area contributed by atoms with Gasteiger partial charge in [0.1, 0.15) is 10.7 Å². The Morgan fingerprint density at radius 1 is 1.30 bits per heavy atom. The molecule has 2 N–H and O–H groups in total. The molecule has 140 valence electrons. The van der Waals surface area contributed by atoms with Gasteiger partial charge in [0.15, 0.2) is 5.13 Å². The Balaban J connectivity index is 1.58. The quantitative estimate of drug-likeness (QED) is 0.722. The topological polar surface area (TPSA) is 85.0 Å². The third-order valence-corrected chi connectivity index (χ3v) is 6.59. The lowest BCUT2D eigenvalue weighted by molar-refractivity contribution is 0.0708. The van der Waals surface area contributed by atoms with Crippen molar-refractivity contribution in [3.63, 3.8) is 0 Å². The minimum Gasteiger partial charge on any atom is -0.375 e. The van der Waals surface area contributed by atoms with Gasteiger partial charge < -0.3 is 10.6 Å². The van der Waals surface area contributed by atoms with E-state index in [9.17, 15) is 4.79 Å². The van der Waals surface area contributed by atoms with Crippen LogP contribution in [0, 0.1) is 13.8 Å². The smallest absolute Gasteiger partial charge is 0.265 e. The van der Waals surface area contributed by atoms with Crippen molar-refractivity contribution in [1.82, 2.24) is 19.9 Å². The fourth-order valence-electron chi connectivity index (χ4n) is 3.46. The summed E-state index contributed by atoms with van der Waals surface area (Å²) in [7, 11) is 0. The molecule has 3 aromatic heterocycles. The number of carbonyl (C=O) groups is 1. The molecule has 4 heterocycles. The van der Waals surface area contributed by atoms with Crippen LogP contribution < -0.4 is 5.73 Å². The zero-order valence-electron chi connectivity index (χ0n) is 15.3. The Morgan fingerprint density at radius 3 is 2.85 bits per heavy atom. The van der Waals surface area contributed by atoms with Crippen LogP contribution in [-0.4, -0.2) is 38.8 Å². The van der Waals surface area contributed by atoms with Crippen molar-refractivity contribution < 1.29 is 4.79 Å². The summed E-state index contributed by atoms with van der Waals surface area (Å²) in [6.07, 6.45) is 1.93. The average Bonchev–Trinajstić information content (AvgIpc) is 3.30. The van der Waals surface area contributed by atoms with Gasteiger partial charge in [-0.1, -0.05) is 17.4 Å². The van der Waals surface area contributed by atoms with Crippen LogP contribution in [0.3, 0.4) is 0 Å². The largest absolute Gasteiger partial charge is 0.375 e. The van der Waals surface area contributed by atoms with Crippen LogP contribution in [0.5, 0.6) is 0 Å². The second-order valence-corrected chi connectivity index (χ2v) is 8.77. The summed E-state index contributed by atoms with van der Waals surface area (Å²) in [5.74, 6) is 0.987. The maximum Gasteiger partial charge on any atom is 0.265 e. The number of likely N-dealkylation sites (tertiary alicyclic amines) is 1. The summed E-state index contributed by atoms with van der Waals surface area (Å²) in [6.45, 7) is 5.20. The molecule has 4 rings (SSSR count). The number of nitrogens with zero attached hydrogens (tertiary/aromatic N) is 4. The van der Waals surface area contributed by atoms with Gasteiger partial charge in [-0.05, 0) is 44.2 Å². The highest BCUT2D eigenvalue weighted by Gasteiger charge is 2.29. The average molecular weight is 400 g/mol. The van der Waals surface area contributed by atoms with E-state index in [-0.39, 0.29) is 11.8 Å². The Morgan fingerprint density at radius 2 is 2.15 bits per heavy atom. The number of carbonyl (C=O) groups excluding carboxylic acids is 1. The lowest BCUT2D eigenvalue weighted by Gasteiger charge is -2.32. The van der Waals surface area contributed by atoms with E-state index in [0.29, 0.717) is 22.2 Å². The molecule has 0 aromatic carbocycles. The van der Waals surface area contributed by atoms with E-state index in [2.05, 4.69) is 21.4 Å². The second-order valence-electron chi connectivity index (χ2n) is 6.79. The number of hydrogen-bond acceptors (Lipinski definition) is 7. The highest BCUT2D eigenvalue weighted by Crippen LogP contribution is 2.30. The van der Waals surface area contributed by atoms with Crippen molar-refractivity contribution in [2.24, 2.45) is 0 Å². The molecule has 1 amide bonds. The van der Waals surface area contributed by atoms with Gasteiger partial charge in [0.05, 0.1) is 16.3 Å². The number of rotatable bonds is 3. The SMILES string of the molecule is Cc1cc(-c2cccs2)nc([C@@H]2CCCN(C(=O)c3sc(N)nc3C)C2)n1. The van der Waals surface area contributed by atoms with Crippen LogP contribution >= 0.6 is 22.7 Å². The van der Waals surface area contributed by atoms with Gasteiger partial charge >= 0.3 is 0 Å². The number of thiazole rings is 1. The molecule has 1 atom stereocenters.